The monoisotopic (exact) mass is 577 g/mol. The van der Waals surface area contributed by atoms with Gasteiger partial charge in [0, 0.05) is 17.3 Å². The summed E-state index contributed by atoms with van der Waals surface area (Å²) in [5.74, 6) is 1.09. The summed E-state index contributed by atoms with van der Waals surface area (Å²) >= 11 is 0. The highest BCUT2D eigenvalue weighted by atomic mass is 19.4. The van der Waals surface area contributed by atoms with Gasteiger partial charge < -0.3 is 21.9 Å². The minimum Gasteiger partial charge on any atom is -0.507 e. The zero-order valence-electron chi connectivity index (χ0n) is 25.6. The van der Waals surface area contributed by atoms with Crippen molar-refractivity contribution in [3.8, 4) is 5.75 Å². The van der Waals surface area contributed by atoms with Gasteiger partial charge in [-0.3, -0.25) is 0 Å². The molecule has 4 nitrogen and oxygen atoms in total. The van der Waals surface area contributed by atoms with Crippen molar-refractivity contribution in [3.05, 3.63) is 45.8 Å². The highest BCUT2D eigenvalue weighted by Gasteiger charge is 2.34. The van der Waals surface area contributed by atoms with Crippen LogP contribution in [0.15, 0.2) is 29.1 Å². The molecule has 0 radical (unpaired) electrons. The fourth-order valence-electron chi connectivity index (χ4n) is 6.17. The van der Waals surface area contributed by atoms with Gasteiger partial charge in [0.2, 0.25) is 0 Å². The molecule has 3 rings (SSSR count). The Morgan fingerprint density at radius 3 is 2.12 bits per heavy atom. The average molecular weight is 578 g/mol. The molecule has 0 spiro atoms. The lowest BCUT2D eigenvalue weighted by Crippen LogP contribution is -2.34. The van der Waals surface area contributed by atoms with Crippen molar-refractivity contribution in [1.29, 1.82) is 0 Å². The Morgan fingerprint density at radius 1 is 0.927 bits per heavy atom. The topological polar surface area (TPSA) is 84.3 Å². The number of phenols is 1. The van der Waals surface area contributed by atoms with E-state index in [1.54, 1.807) is 0 Å². The van der Waals surface area contributed by atoms with E-state index in [0.29, 0.717) is 47.3 Å². The molecule has 2 saturated carbocycles. The number of hydrogen-bond acceptors (Lipinski definition) is 4. The number of hydrogen-bond donors (Lipinski definition) is 4. The van der Waals surface area contributed by atoms with Crippen LogP contribution in [0.2, 0.25) is 0 Å². The van der Waals surface area contributed by atoms with Gasteiger partial charge in [-0.05, 0) is 79.2 Å². The highest BCUT2D eigenvalue weighted by Crippen LogP contribution is 2.43. The van der Waals surface area contributed by atoms with E-state index in [4.69, 9.17) is 11.5 Å². The number of halogens is 3. The van der Waals surface area contributed by atoms with Crippen molar-refractivity contribution < 1.29 is 18.3 Å². The van der Waals surface area contributed by atoms with Crippen LogP contribution in [0, 0.1) is 11.8 Å². The summed E-state index contributed by atoms with van der Waals surface area (Å²) in [5.41, 5.74) is 16.1. The number of benzene rings is 1. The average Bonchev–Trinajstić information content (AvgIpc) is 2.87. The first kappa shape index (κ1) is 33.2. The van der Waals surface area contributed by atoms with Crippen molar-refractivity contribution in [3.63, 3.8) is 0 Å². The van der Waals surface area contributed by atoms with E-state index < -0.39 is 17.5 Å². The molecule has 41 heavy (non-hydrogen) atoms. The highest BCUT2D eigenvalue weighted by molar-refractivity contribution is 5.77. The van der Waals surface area contributed by atoms with Gasteiger partial charge in [-0.15, -0.1) is 0 Å². The SMILES string of the molecule is CCCCCCC(CC)N/C(N)=C(CC1CCC1)/C(CCCC)=C(\N)c1c(O)cc(C(F)(F)F)cc1CC1CCC1. The van der Waals surface area contributed by atoms with Gasteiger partial charge >= 0.3 is 6.18 Å². The Hall–Kier alpha value is -2.31. The van der Waals surface area contributed by atoms with Crippen molar-refractivity contribution in [2.45, 2.75) is 142 Å². The third-order valence-corrected chi connectivity index (χ3v) is 9.30. The Balaban J connectivity index is 2.10. The van der Waals surface area contributed by atoms with E-state index >= 15 is 0 Å². The first-order valence-electron chi connectivity index (χ1n) is 16.3. The van der Waals surface area contributed by atoms with Gasteiger partial charge in [-0.2, -0.15) is 13.2 Å². The summed E-state index contributed by atoms with van der Waals surface area (Å²) in [5, 5.41) is 14.7. The lowest BCUT2D eigenvalue weighted by molar-refractivity contribution is -0.137. The van der Waals surface area contributed by atoms with Crippen LogP contribution in [0.25, 0.3) is 5.70 Å². The second-order valence-electron chi connectivity index (χ2n) is 12.5. The number of rotatable bonds is 17. The van der Waals surface area contributed by atoms with Gasteiger partial charge in [-0.25, -0.2) is 0 Å². The van der Waals surface area contributed by atoms with E-state index in [-0.39, 0.29) is 6.04 Å². The summed E-state index contributed by atoms with van der Waals surface area (Å²) in [6, 6.07) is 2.30. The number of unbranched alkanes of at least 4 members (excludes halogenated alkanes) is 4. The van der Waals surface area contributed by atoms with Crippen LogP contribution >= 0.6 is 0 Å². The molecule has 232 valence electrons. The van der Waals surface area contributed by atoms with Crippen LogP contribution < -0.4 is 16.8 Å². The third kappa shape index (κ3) is 9.34. The van der Waals surface area contributed by atoms with E-state index in [0.717, 1.165) is 87.8 Å². The Bertz CT molecular complexity index is 1040. The van der Waals surface area contributed by atoms with E-state index in [2.05, 4.69) is 26.1 Å². The van der Waals surface area contributed by atoms with Gasteiger partial charge in [0.15, 0.2) is 0 Å². The summed E-state index contributed by atoms with van der Waals surface area (Å²) < 4.78 is 41.3. The molecule has 0 saturated heterocycles. The predicted octanol–water partition coefficient (Wildman–Crippen LogP) is 9.31. The number of alkyl halides is 3. The van der Waals surface area contributed by atoms with Crippen LogP contribution in [0.5, 0.6) is 5.75 Å². The molecule has 6 N–H and O–H groups in total. The Labute approximate surface area is 246 Å². The van der Waals surface area contributed by atoms with Crippen molar-refractivity contribution in [1.82, 2.24) is 5.32 Å². The normalized spacial score (nSPS) is 18.3. The molecular formula is C34H54F3N3O. The maximum Gasteiger partial charge on any atom is 0.416 e. The van der Waals surface area contributed by atoms with Gasteiger partial charge in [0.05, 0.1) is 11.4 Å². The standard InChI is InChI=1S/C34H54F3N3O/c1-4-7-9-10-17-27(6-3)40-33(39)29(20-24-15-12-16-24)28(18-8-5-2)32(38)31-25(19-23-13-11-14-23)21-26(22-30(31)41)34(35,36)37/h21-24,27,40-41H,4-20,38-39H2,1-3H3/b32-28-,33-29+. The number of allylic oxidation sites excluding steroid dienone is 2. The lowest BCUT2D eigenvalue weighted by Gasteiger charge is -2.31. The molecule has 2 aliphatic carbocycles. The van der Waals surface area contributed by atoms with Crippen molar-refractivity contribution >= 4 is 5.70 Å². The number of phenolic OH excluding ortho intramolecular Hbond substituents is 1. The van der Waals surface area contributed by atoms with E-state index in [1.165, 1.54) is 31.7 Å². The predicted molar refractivity (Wildman–Crippen MR) is 164 cm³/mol. The molecular weight excluding hydrogens is 523 g/mol. The first-order chi connectivity index (χ1) is 19.6. The van der Waals surface area contributed by atoms with Gasteiger partial charge in [0.25, 0.3) is 0 Å². The van der Waals surface area contributed by atoms with Crippen LogP contribution in [0.4, 0.5) is 13.2 Å². The van der Waals surface area contributed by atoms with Crippen molar-refractivity contribution in [2.75, 3.05) is 0 Å². The van der Waals surface area contributed by atoms with Gasteiger partial charge in [0.1, 0.15) is 5.75 Å². The Morgan fingerprint density at radius 2 is 1.59 bits per heavy atom. The van der Waals surface area contributed by atoms with E-state index in [9.17, 15) is 18.3 Å². The van der Waals surface area contributed by atoms with Crippen LogP contribution in [0.1, 0.15) is 140 Å². The van der Waals surface area contributed by atoms with E-state index in [1.807, 2.05) is 0 Å². The second kappa shape index (κ2) is 15.8. The molecule has 7 heteroatoms. The molecule has 2 fully saturated rings. The van der Waals surface area contributed by atoms with Gasteiger partial charge in [-0.1, -0.05) is 91.4 Å². The van der Waals surface area contributed by atoms with Crippen LogP contribution in [-0.2, 0) is 12.6 Å². The minimum atomic E-state index is -4.54. The molecule has 0 aliphatic heterocycles. The smallest absolute Gasteiger partial charge is 0.416 e. The number of nitrogens with one attached hydrogen (secondary N) is 1. The quantitative estimate of drug-likeness (QED) is 0.110. The summed E-state index contributed by atoms with van der Waals surface area (Å²) in [6.07, 6.45) is 12.6. The molecule has 1 unspecified atom stereocenters. The molecule has 0 bridgehead atoms. The zero-order valence-corrected chi connectivity index (χ0v) is 25.6. The molecule has 0 heterocycles. The minimum absolute atomic E-state index is 0.255. The largest absolute Gasteiger partial charge is 0.507 e. The zero-order chi connectivity index (χ0) is 30.0. The fraction of sp³-hybridized carbons (Fsp3) is 0.706. The fourth-order valence-corrected chi connectivity index (χ4v) is 6.17. The molecule has 1 aromatic rings. The van der Waals surface area contributed by atoms with Crippen LogP contribution in [-0.4, -0.2) is 11.1 Å². The molecule has 0 aromatic heterocycles. The lowest BCUT2D eigenvalue weighted by atomic mass is 9.77. The Kier molecular flexibility index (Phi) is 12.8. The number of aromatic hydroxyl groups is 1. The molecule has 0 amide bonds. The summed E-state index contributed by atoms with van der Waals surface area (Å²) in [6.45, 7) is 6.50. The van der Waals surface area contributed by atoms with Crippen molar-refractivity contribution in [2.24, 2.45) is 23.3 Å². The maximum absolute atomic E-state index is 13.8. The summed E-state index contributed by atoms with van der Waals surface area (Å²) in [4.78, 5) is 0. The summed E-state index contributed by atoms with van der Waals surface area (Å²) in [7, 11) is 0. The first-order valence-corrected chi connectivity index (χ1v) is 16.3. The maximum atomic E-state index is 13.8. The molecule has 1 atom stereocenters. The number of nitrogens with two attached hydrogens (primary N) is 2. The van der Waals surface area contributed by atoms with Crippen LogP contribution in [0.3, 0.4) is 0 Å². The molecule has 2 aliphatic rings. The third-order valence-electron chi connectivity index (χ3n) is 9.30. The second-order valence-corrected chi connectivity index (χ2v) is 12.5. The molecule has 1 aromatic carbocycles.